The molecule has 194 valence electrons. The van der Waals surface area contributed by atoms with Gasteiger partial charge in [-0.1, -0.05) is 42.0 Å². The number of phenolic OH excluding ortho intramolecular Hbond substituents is 1. The van der Waals surface area contributed by atoms with Crippen LogP contribution in [0.25, 0.3) is 22.3 Å². The lowest BCUT2D eigenvalue weighted by atomic mass is 10.1. The third-order valence-electron chi connectivity index (χ3n) is 6.70. The second kappa shape index (κ2) is 10.0. The summed E-state index contributed by atoms with van der Waals surface area (Å²) < 4.78 is 1.39. The molecule has 0 bridgehead atoms. The number of fused-ring (bicyclic) bond motifs is 1. The Hall–Kier alpha value is -5.05. The average Bonchev–Trinajstić information content (AvgIpc) is 3.71. The SMILES string of the molecule is Cc1ccc(CNC(=O)n2nc(-c3cc(NC(=O)c4cnc5ccccc5n4)ccc3O)cc2C2CC2)cc1. The topological polar surface area (TPSA) is 122 Å². The van der Waals surface area contributed by atoms with Gasteiger partial charge in [0.1, 0.15) is 11.4 Å². The minimum atomic E-state index is -0.426. The van der Waals surface area contributed by atoms with Gasteiger partial charge in [0.25, 0.3) is 5.91 Å². The summed E-state index contributed by atoms with van der Waals surface area (Å²) in [4.78, 5) is 34.7. The van der Waals surface area contributed by atoms with E-state index in [0.29, 0.717) is 34.5 Å². The number of nitrogens with zero attached hydrogens (tertiary/aromatic N) is 4. The van der Waals surface area contributed by atoms with E-state index < -0.39 is 5.91 Å². The molecule has 0 saturated heterocycles. The van der Waals surface area contributed by atoms with Crippen LogP contribution in [-0.2, 0) is 6.54 Å². The van der Waals surface area contributed by atoms with Crippen molar-refractivity contribution in [2.45, 2.75) is 32.2 Å². The van der Waals surface area contributed by atoms with Gasteiger partial charge < -0.3 is 15.7 Å². The van der Waals surface area contributed by atoms with E-state index in [4.69, 9.17) is 0 Å². The first-order valence-electron chi connectivity index (χ1n) is 12.7. The van der Waals surface area contributed by atoms with Gasteiger partial charge in [0.05, 0.1) is 28.6 Å². The number of aromatic nitrogens is 4. The predicted molar refractivity (Wildman–Crippen MR) is 148 cm³/mol. The summed E-state index contributed by atoms with van der Waals surface area (Å²) >= 11 is 0. The van der Waals surface area contributed by atoms with E-state index in [2.05, 4.69) is 25.7 Å². The number of hydrogen-bond acceptors (Lipinski definition) is 6. The molecule has 6 rings (SSSR count). The Morgan fingerprint density at radius 3 is 2.54 bits per heavy atom. The lowest BCUT2D eigenvalue weighted by Gasteiger charge is -2.09. The fourth-order valence-corrected chi connectivity index (χ4v) is 4.40. The first-order valence-corrected chi connectivity index (χ1v) is 12.7. The number of para-hydroxylation sites is 2. The zero-order chi connectivity index (χ0) is 26.9. The van der Waals surface area contributed by atoms with Crippen molar-refractivity contribution >= 4 is 28.7 Å². The van der Waals surface area contributed by atoms with Crippen LogP contribution in [0.15, 0.2) is 79.0 Å². The molecule has 2 heterocycles. The first kappa shape index (κ1) is 24.3. The van der Waals surface area contributed by atoms with E-state index in [1.807, 2.05) is 55.5 Å². The van der Waals surface area contributed by atoms with Crippen molar-refractivity contribution in [2.24, 2.45) is 0 Å². The van der Waals surface area contributed by atoms with Crippen LogP contribution in [0.3, 0.4) is 0 Å². The Morgan fingerprint density at radius 1 is 1.00 bits per heavy atom. The Labute approximate surface area is 224 Å². The lowest BCUT2D eigenvalue weighted by Crippen LogP contribution is -2.30. The summed E-state index contributed by atoms with van der Waals surface area (Å²) in [6.45, 7) is 2.39. The minimum absolute atomic E-state index is 0.00874. The average molecular weight is 519 g/mol. The zero-order valence-corrected chi connectivity index (χ0v) is 21.3. The molecule has 3 N–H and O–H groups in total. The van der Waals surface area contributed by atoms with Crippen LogP contribution >= 0.6 is 0 Å². The monoisotopic (exact) mass is 518 g/mol. The van der Waals surface area contributed by atoms with Crippen molar-refractivity contribution < 1.29 is 14.7 Å². The standard InChI is InChI=1S/C30H26N6O3/c1-18-6-8-19(9-7-18)16-32-30(39)36-27(20-10-11-20)15-25(35-36)22-14-21(12-13-28(22)37)33-29(38)26-17-31-23-4-2-3-5-24(23)34-26/h2-9,12-15,17,20,37H,10-11,16H2,1H3,(H,32,39)(H,33,38). The molecule has 9 nitrogen and oxygen atoms in total. The number of aromatic hydroxyl groups is 1. The van der Waals surface area contributed by atoms with Crippen LogP contribution in [0.2, 0.25) is 0 Å². The molecule has 0 aliphatic heterocycles. The van der Waals surface area contributed by atoms with Crippen LogP contribution < -0.4 is 10.6 Å². The molecule has 5 aromatic rings. The van der Waals surface area contributed by atoms with Gasteiger partial charge in [-0.25, -0.2) is 9.78 Å². The van der Waals surface area contributed by atoms with Crippen LogP contribution in [0, 0.1) is 6.92 Å². The molecule has 0 radical (unpaired) electrons. The molecule has 0 spiro atoms. The van der Waals surface area contributed by atoms with Crippen molar-refractivity contribution in [1.82, 2.24) is 25.1 Å². The quantitative estimate of drug-likeness (QED) is 0.259. The van der Waals surface area contributed by atoms with Gasteiger partial charge in [-0.3, -0.25) is 9.78 Å². The number of nitrogens with one attached hydrogen (secondary N) is 2. The number of carbonyl (C=O) groups is 2. The summed E-state index contributed by atoms with van der Waals surface area (Å²) in [6, 6.07) is 21.5. The third kappa shape index (κ3) is 5.19. The van der Waals surface area contributed by atoms with Crippen LogP contribution in [0.5, 0.6) is 5.75 Å². The molecule has 1 saturated carbocycles. The highest BCUT2D eigenvalue weighted by Crippen LogP contribution is 2.42. The van der Waals surface area contributed by atoms with E-state index in [-0.39, 0.29) is 23.4 Å². The normalized spacial score (nSPS) is 12.8. The molecule has 2 aromatic heterocycles. The molecule has 1 aliphatic carbocycles. The van der Waals surface area contributed by atoms with E-state index in [1.165, 1.54) is 16.9 Å². The number of anilines is 1. The molecule has 1 aliphatic rings. The van der Waals surface area contributed by atoms with E-state index in [1.54, 1.807) is 18.2 Å². The predicted octanol–water partition coefficient (Wildman–Crippen LogP) is 5.39. The van der Waals surface area contributed by atoms with E-state index >= 15 is 0 Å². The fourth-order valence-electron chi connectivity index (χ4n) is 4.40. The smallest absolute Gasteiger partial charge is 0.342 e. The lowest BCUT2D eigenvalue weighted by molar-refractivity contribution is 0.102. The van der Waals surface area contributed by atoms with Gasteiger partial charge in [-0.15, -0.1) is 0 Å². The third-order valence-corrected chi connectivity index (χ3v) is 6.70. The van der Waals surface area contributed by atoms with Crippen LogP contribution in [-0.4, -0.2) is 36.8 Å². The Morgan fingerprint density at radius 2 is 1.77 bits per heavy atom. The minimum Gasteiger partial charge on any atom is -0.507 e. The molecular formula is C30H26N6O3. The Balaban J connectivity index is 1.24. The first-order chi connectivity index (χ1) is 18.9. The van der Waals surface area contributed by atoms with Crippen molar-refractivity contribution in [1.29, 1.82) is 0 Å². The summed E-state index contributed by atoms with van der Waals surface area (Å²) in [7, 11) is 0. The van der Waals surface area contributed by atoms with Gasteiger partial charge in [-0.2, -0.15) is 9.78 Å². The number of aryl methyl sites for hydroxylation is 1. The zero-order valence-electron chi connectivity index (χ0n) is 21.3. The highest BCUT2D eigenvalue weighted by atomic mass is 16.3. The maximum Gasteiger partial charge on any atom is 0.342 e. The van der Waals surface area contributed by atoms with E-state index in [9.17, 15) is 14.7 Å². The summed E-state index contributed by atoms with van der Waals surface area (Å²) in [6.07, 6.45) is 3.38. The van der Waals surface area contributed by atoms with Gasteiger partial charge in [0.15, 0.2) is 0 Å². The maximum absolute atomic E-state index is 13.1. The molecule has 3 aromatic carbocycles. The molecule has 39 heavy (non-hydrogen) atoms. The fraction of sp³-hybridized carbons (Fsp3) is 0.167. The van der Waals surface area contributed by atoms with Gasteiger partial charge in [-0.05, 0) is 61.7 Å². The molecule has 9 heteroatoms. The van der Waals surface area contributed by atoms with Crippen molar-refractivity contribution in [2.75, 3.05) is 5.32 Å². The Bertz CT molecular complexity index is 1710. The highest BCUT2D eigenvalue weighted by Gasteiger charge is 2.31. The van der Waals surface area contributed by atoms with Gasteiger partial charge in [0.2, 0.25) is 0 Å². The summed E-state index contributed by atoms with van der Waals surface area (Å²) in [5.41, 5.74) is 5.74. The number of hydrogen-bond donors (Lipinski definition) is 3. The number of phenols is 1. The molecule has 1 fully saturated rings. The highest BCUT2D eigenvalue weighted by molar-refractivity contribution is 6.04. The number of amides is 2. The number of rotatable bonds is 6. The van der Waals surface area contributed by atoms with E-state index in [0.717, 1.165) is 29.7 Å². The number of benzene rings is 3. The number of carbonyl (C=O) groups excluding carboxylic acids is 2. The molecule has 0 atom stereocenters. The van der Waals surface area contributed by atoms with Gasteiger partial charge in [0, 0.05) is 23.7 Å². The largest absolute Gasteiger partial charge is 0.507 e. The van der Waals surface area contributed by atoms with Crippen molar-refractivity contribution in [3.8, 4) is 17.0 Å². The van der Waals surface area contributed by atoms with Crippen molar-refractivity contribution in [3.63, 3.8) is 0 Å². The van der Waals surface area contributed by atoms with Crippen LogP contribution in [0.4, 0.5) is 10.5 Å². The molecular weight excluding hydrogens is 492 g/mol. The van der Waals surface area contributed by atoms with Gasteiger partial charge >= 0.3 is 6.03 Å². The second-order valence-corrected chi connectivity index (χ2v) is 9.71. The molecule has 0 unspecified atom stereocenters. The van der Waals surface area contributed by atoms with Crippen molar-refractivity contribution in [3.05, 3.63) is 102 Å². The maximum atomic E-state index is 13.1. The Kier molecular flexibility index (Phi) is 6.24. The van der Waals surface area contributed by atoms with Crippen LogP contribution in [0.1, 0.15) is 46.1 Å². The molecule has 2 amide bonds. The summed E-state index contributed by atoms with van der Waals surface area (Å²) in [5.74, 6) is -0.192. The second-order valence-electron chi connectivity index (χ2n) is 9.71. The summed E-state index contributed by atoms with van der Waals surface area (Å²) in [5, 5.41) is 20.9.